The molecule has 0 amide bonds. The first-order chi connectivity index (χ1) is 13.2. The highest BCUT2D eigenvalue weighted by Gasteiger charge is 2.30. The van der Waals surface area contributed by atoms with E-state index in [1.807, 2.05) is 6.07 Å². The Morgan fingerprint density at radius 1 is 1.22 bits per heavy atom. The third kappa shape index (κ3) is 2.20. The zero-order valence-electron chi connectivity index (χ0n) is 14.1. The van der Waals surface area contributed by atoms with Crippen molar-refractivity contribution in [1.29, 1.82) is 0 Å². The number of oxime groups is 1. The van der Waals surface area contributed by atoms with Crippen LogP contribution in [0, 0.1) is 5.82 Å². The van der Waals surface area contributed by atoms with Gasteiger partial charge < -0.3 is 9.82 Å². The average Bonchev–Trinajstić information content (AvgIpc) is 3.30. The SMILES string of the molecule is CO/N=C1/c2cc(F)ccc2-n2c1nc1ccc(-c3cnc[nH]3)cc1c2=O. The van der Waals surface area contributed by atoms with Crippen LogP contribution in [0.3, 0.4) is 0 Å². The molecule has 8 heteroatoms. The number of halogens is 1. The summed E-state index contributed by atoms with van der Waals surface area (Å²) < 4.78 is 15.2. The van der Waals surface area contributed by atoms with E-state index in [-0.39, 0.29) is 5.56 Å². The number of fused-ring (bicyclic) bond motifs is 4. The second kappa shape index (κ2) is 5.60. The van der Waals surface area contributed by atoms with Crippen molar-refractivity contribution in [2.75, 3.05) is 7.11 Å². The van der Waals surface area contributed by atoms with Crippen LogP contribution in [0.1, 0.15) is 11.4 Å². The van der Waals surface area contributed by atoms with E-state index >= 15 is 0 Å². The van der Waals surface area contributed by atoms with Crippen LogP contribution >= 0.6 is 0 Å². The van der Waals surface area contributed by atoms with Crippen LogP contribution in [0.2, 0.25) is 0 Å². The molecule has 0 spiro atoms. The van der Waals surface area contributed by atoms with Gasteiger partial charge in [0.05, 0.1) is 34.8 Å². The van der Waals surface area contributed by atoms with Gasteiger partial charge in [-0.1, -0.05) is 11.2 Å². The summed E-state index contributed by atoms with van der Waals surface area (Å²) in [6.07, 6.45) is 3.26. The Morgan fingerprint density at radius 3 is 2.89 bits per heavy atom. The Balaban J connectivity index is 1.84. The minimum atomic E-state index is -0.426. The van der Waals surface area contributed by atoms with E-state index < -0.39 is 5.82 Å². The Hall–Kier alpha value is -3.81. The van der Waals surface area contributed by atoms with Gasteiger partial charge in [0, 0.05) is 11.1 Å². The maximum atomic E-state index is 13.8. The van der Waals surface area contributed by atoms with Crippen molar-refractivity contribution in [2.45, 2.75) is 0 Å². The Kier molecular flexibility index (Phi) is 3.20. The standard InChI is InChI=1S/C19H12FN5O2/c1-27-24-17-13-7-11(20)3-5-16(13)25-18(17)23-14-4-2-10(6-12(14)19(25)26)15-8-21-9-22-15/h2-9H,1H3,(H,21,22)/b24-17-. The summed E-state index contributed by atoms with van der Waals surface area (Å²) in [5.74, 6) is -0.103. The minimum Gasteiger partial charge on any atom is -0.399 e. The van der Waals surface area contributed by atoms with Gasteiger partial charge in [0.2, 0.25) is 0 Å². The van der Waals surface area contributed by atoms with Gasteiger partial charge in [-0.2, -0.15) is 0 Å². The minimum absolute atomic E-state index is 0.259. The maximum Gasteiger partial charge on any atom is 0.266 e. The fourth-order valence-corrected chi connectivity index (χ4v) is 3.34. The third-order valence-electron chi connectivity index (χ3n) is 4.53. The molecule has 0 fully saturated rings. The molecule has 7 nitrogen and oxygen atoms in total. The number of rotatable bonds is 2. The third-order valence-corrected chi connectivity index (χ3v) is 4.53. The van der Waals surface area contributed by atoms with Gasteiger partial charge in [0.15, 0.2) is 11.5 Å². The van der Waals surface area contributed by atoms with Gasteiger partial charge in [0.1, 0.15) is 12.9 Å². The molecule has 4 aromatic rings. The van der Waals surface area contributed by atoms with E-state index in [4.69, 9.17) is 4.84 Å². The van der Waals surface area contributed by atoms with E-state index in [9.17, 15) is 9.18 Å². The van der Waals surface area contributed by atoms with Crippen LogP contribution in [0.15, 0.2) is 58.9 Å². The van der Waals surface area contributed by atoms with Crippen LogP contribution in [0.4, 0.5) is 4.39 Å². The summed E-state index contributed by atoms with van der Waals surface area (Å²) in [5.41, 5.74) is 3.19. The van der Waals surface area contributed by atoms with E-state index in [1.54, 1.807) is 30.7 Å². The molecule has 27 heavy (non-hydrogen) atoms. The molecule has 0 aliphatic carbocycles. The van der Waals surface area contributed by atoms with Crippen LogP contribution < -0.4 is 5.56 Å². The lowest BCUT2D eigenvalue weighted by atomic mass is 10.1. The summed E-state index contributed by atoms with van der Waals surface area (Å²) in [6, 6.07) is 9.55. The lowest BCUT2D eigenvalue weighted by molar-refractivity contribution is 0.214. The van der Waals surface area contributed by atoms with E-state index in [0.29, 0.717) is 33.7 Å². The number of imidazole rings is 1. The summed E-state index contributed by atoms with van der Waals surface area (Å²) >= 11 is 0. The quantitative estimate of drug-likeness (QED) is 0.490. The summed E-state index contributed by atoms with van der Waals surface area (Å²) in [7, 11) is 1.39. The second-order valence-corrected chi connectivity index (χ2v) is 6.06. The van der Waals surface area contributed by atoms with Crippen molar-refractivity contribution in [2.24, 2.45) is 5.16 Å². The lowest BCUT2D eigenvalue weighted by Crippen LogP contribution is -2.21. The molecular weight excluding hydrogens is 349 g/mol. The highest BCUT2D eigenvalue weighted by molar-refractivity contribution is 6.16. The van der Waals surface area contributed by atoms with E-state index in [2.05, 4.69) is 20.1 Å². The van der Waals surface area contributed by atoms with Crippen LogP contribution in [0.25, 0.3) is 27.8 Å². The molecule has 0 atom stereocenters. The first-order valence-electron chi connectivity index (χ1n) is 8.15. The summed E-state index contributed by atoms with van der Waals surface area (Å²) in [5, 5.41) is 4.41. The van der Waals surface area contributed by atoms with E-state index in [1.165, 1.54) is 23.8 Å². The van der Waals surface area contributed by atoms with Gasteiger partial charge in [-0.15, -0.1) is 0 Å². The van der Waals surface area contributed by atoms with Crippen LogP contribution in [-0.2, 0) is 4.84 Å². The van der Waals surface area contributed by atoms with Crippen molar-refractivity contribution in [3.8, 4) is 16.9 Å². The first-order valence-corrected chi connectivity index (χ1v) is 8.15. The highest BCUT2D eigenvalue weighted by atomic mass is 19.1. The smallest absolute Gasteiger partial charge is 0.266 e. The number of aromatic nitrogens is 4. The average molecular weight is 361 g/mol. The predicted octanol–water partition coefficient (Wildman–Crippen LogP) is 2.63. The van der Waals surface area contributed by atoms with Crippen molar-refractivity contribution >= 4 is 16.6 Å². The topological polar surface area (TPSA) is 85.2 Å². The molecule has 132 valence electrons. The van der Waals surface area contributed by atoms with Gasteiger partial charge >= 0.3 is 0 Å². The Morgan fingerprint density at radius 2 is 2.11 bits per heavy atom. The molecule has 0 saturated carbocycles. The zero-order valence-corrected chi connectivity index (χ0v) is 14.1. The Labute approximate surface area is 151 Å². The number of benzene rings is 2. The molecule has 0 bridgehead atoms. The monoisotopic (exact) mass is 361 g/mol. The van der Waals surface area contributed by atoms with Gasteiger partial charge in [-0.25, -0.2) is 14.4 Å². The van der Waals surface area contributed by atoms with Crippen molar-refractivity contribution in [3.05, 3.63) is 76.5 Å². The zero-order chi connectivity index (χ0) is 18.5. The number of nitrogens with zero attached hydrogens (tertiary/aromatic N) is 4. The van der Waals surface area contributed by atoms with Crippen molar-refractivity contribution < 1.29 is 9.23 Å². The molecule has 2 aromatic carbocycles. The van der Waals surface area contributed by atoms with Crippen LogP contribution in [0.5, 0.6) is 0 Å². The molecule has 0 unspecified atom stereocenters. The first kappa shape index (κ1) is 15.4. The van der Waals surface area contributed by atoms with Gasteiger partial charge in [-0.3, -0.25) is 9.36 Å². The number of H-pyrrole nitrogens is 1. The second-order valence-electron chi connectivity index (χ2n) is 6.06. The largest absolute Gasteiger partial charge is 0.399 e. The van der Waals surface area contributed by atoms with Gasteiger partial charge in [0.25, 0.3) is 5.56 Å². The summed E-state index contributed by atoms with van der Waals surface area (Å²) in [4.78, 5) is 29.8. The number of hydrogen-bond acceptors (Lipinski definition) is 5. The number of aromatic amines is 1. The molecule has 0 radical (unpaired) electrons. The number of hydrogen-bond donors (Lipinski definition) is 1. The highest BCUT2D eigenvalue weighted by Crippen LogP contribution is 2.29. The van der Waals surface area contributed by atoms with Gasteiger partial charge in [-0.05, 0) is 30.3 Å². The van der Waals surface area contributed by atoms with Crippen molar-refractivity contribution in [3.63, 3.8) is 0 Å². The molecule has 2 aromatic heterocycles. The molecular formula is C19H12FN5O2. The summed E-state index contributed by atoms with van der Waals surface area (Å²) in [6.45, 7) is 0. The molecule has 1 aliphatic rings. The Bertz CT molecular complexity index is 1290. The normalized spacial score (nSPS) is 13.8. The molecule has 1 N–H and O–H groups in total. The molecule has 0 saturated heterocycles. The number of nitrogens with one attached hydrogen (secondary N) is 1. The fourth-order valence-electron chi connectivity index (χ4n) is 3.34. The van der Waals surface area contributed by atoms with Crippen LogP contribution in [-0.4, -0.2) is 32.3 Å². The maximum absolute atomic E-state index is 13.8. The van der Waals surface area contributed by atoms with E-state index in [0.717, 1.165) is 11.3 Å². The molecule has 3 heterocycles. The van der Waals surface area contributed by atoms with Crippen molar-refractivity contribution in [1.82, 2.24) is 19.5 Å². The lowest BCUT2D eigenvalue weighted by Gasteiger charge is -2.07. The molecule has 5 rings (SSSR count). The molecule has 1 aliphatic heterocycles. The fraction of sp³-hybridized carbons (Fsp3) is 0.0526. The predicted molar refractivity (Wildman–Crippen MR) is 97.5 cm³/mol.